The molecule has 0 radical (unpaired) electrons. The number of carbonyl (C=O) groups is 1. The summed E-state index contributed by atoms with van der Waals surface area (Å²) in [6, 6.07) is 0. The Labute approximate surface area is 74.6 Å². The molecule has 0 spiro atoms. The van der Waals surface area contributed by atoms with Gasteiger partial charge in [-0.1, -0.05) is 13.5 Å². The van der Waals surface area contributed by atoms with E-state index in [0.29, 0.717) is 12.5 Å². The summed E-state index contributed by atoms with van der Waals surface area (Å²) in [5.41, 5.74) is 0. The maximum atomic E-state index is 10.8. The minimum atomic E-state index is 0.126. The number of hydrogen-bond donors (Lipinski definition) is 0. The average Bonchev–Trinajstić information content (AvgIpc) is 2.12. The van der Waals surface area contributed by atoms with Crippen LogP contribution in [0.5, 0.6) is 0 Å². The quantitative estimate of drug-likeness (QED) is 0.548. The zero-order chi connectivity index (χ0) is 9.40. The SMILES string of the molecule is C=CC(=O)CCCC(CC)OC. The van der Waals surface area contributed by atoms with Crippen LogP contribution in [0.1, 0.15) is 32.6 Å². The summed E-state index contributed by atoms with van der Waals surface area (Å²) >= 11 is 0. The van der Waals surface area contributed by atoms with Crippen molar-refractivity contribution < 1.29 is 9.53 Å². The molecule has 2 nitrogen and oxygen atoms in total. The zero-order valence-corrected chi connectivity index (χ0v) is 8.01. The van der Waals surface area contributed by atoms with E-state index in [1.54, 1.807) is 7.11 Å². The van der Waals surface area contributed by atoms with Gasteiger partial charge < -0.3 is 4.74 Å². The smallest absolute Gasteiger partial charge is 0.155 e. The molecule has 0 aliphatic carbocycles. The number of ether oxygens (including phenoxy) is 1. The Morgan fingerprint density at radius 3 is 2.75 bits per heavy atom. The van der Waals surface area contributed by atoms with Crippen molar-refractivity contribution >= 4 is 5.78 Å². The monoisotopic (exact) mass is 170 g/mol. The molecular weight excluding hydrogens is 152 g/mol. The summed E-state index contributed by atoms with van der Waals surface area (Å²) in [4.78, 5) is 10.8. The largest absolute Gasteiger partial charge is 0.381 e. The summed E-state index contributed by atoms with van der Waals surface area (Å²) in [6.07, 6.45) is 5.17. The Morgan fingerprint density at radius 2 is 2.33 bits per heavy atom. The normalized spacial score (nSPS) is 12.5. The highest BCUT2D eigenvalue weighted by molar-refractivity contribution is 5.88. The van der Waals surface area contributed by atoms with Crippen molar-refractivity contribution in [1.29, 1.82) is 0 Å². The van der Waals surface area contributed by atoms with Crippen LogP contribution in [0.15, 0.2) is 12.7 Å². The summed E-state index contributed by atoms with van der Waals surface area (Å²) < 4.78 is 5.18. The molecule has 0 rings (SSSR count). The van der Waals surface area contributed by atoms with E-state index < -0.39 is 0 Å². The summed E-state index contributed by atoms with van der Waals surface area (Å²) in [6.45, 7) is 5.50. The Bertz CT molecular complexity index is 137. The van der Waals surface area contributed by atoms with Crippen LogP contribution in [0, 0.1) is 0 Å². The molecular formula is C10H18O2. The van der Waals surface area contributed by atoms with E-state index in [1.165, 1.54) is 6.08 Å². The molecule has 0 aliphatic heterocycles. The van der Waals surface area contributed by atoms with Crippen molar-refractivity contribution in [2.45, 2.75) is 38.7 Å². The molecule has 0 saturated heterocycles. The summed E-state index contributed by atoms with van der Waals surface area (Å²) in [5, 5.41) is 0. The standard InChI is InChI=1S/C10H18O2/c1-4-9(11)7-6-8-10(5-2)12-3/h4,10H,1,5-8H2,2-3H3. The van der Waals surface area contributed by atoms with Crippen molar-refractivity contribution in [3.05, 3.63) is 12.7 Å². The first-order valence-electron chi connectivity index (χ1n) is 4.42. The van der Waals surface area contributed by atoms with Gasteiger partial charge in [-0.05, 0) is 25.3 Å². The number of ketones is 1. The molecule has 0 bridgehead atoms. The van der Waals surface area contributed by atoms with Crippen molar-refractivity contribution in [2.75, 3.05) is 7.11 Å². The van der Waals surface area contributed by atoms with Crippen LogP contribution < -0.4 is 0 Å². The van der Waals surface area contributed by atoms with Crippen molar-refractivity contribution in [2.24, 2.45) is 0 Å². The van der Waals surface area contributed by atoms with Gasteiger partial charge in [0.2, 0.25) is 0 Å². The lowest BCUT2D eigenvalue weighted by Crippen LogP contribution is -2.09. The van der Waals surface area contributed by atoms with E-state index in [4.69, 9.17) is 4.74 Å². The molecule has 0 amide bonds. The van der Waals surface area contributed by atoms with Gasteiger partial charge in [0.05, 0.1) is 6.10 Å². The minimum Gasteiger partial charge on any atom is -0.381 e. The molecule has 0 aromatic rings. The van der Waals surface area contributed by atoms with E-state index >= 15 is 0 Å². The lowest BCUT2D eigenvalue weighted by Gasteiger charge is -2.11. The molecule has 0 aromatic carbocycles. The number of carbonyl (C=O) groups excluding carboxylic acids is 1. The fraction of sp³-hybridized carbons (Fsp3) is 0.700. The second kappa shape index (κ2) is 7.04. The number of hydrogen-bond acceptors (Lipinski definition) is 2. The number of allylic oxidation sites excluding steroid dienone is 1. The van der Waals surface area contributed by atoms with Crippen LogP contribution >= 0.6 is 0 Å². The summed E-state index contributed by atoms with van der Waals surface area (Å²) in [7, 11) is 1.71. The van der Waals surface area contributed by atoms with Gasteiger partial charge in [0, 0.05) is 13.5 Å². The van der Waals surface area contributed by atoms with E-state index in [1.807, 2.05) is 0 Å². The molecule has 0 aliphatic rings. The maximum absolute atomic E-state index is 10.8. The fourth-order valence-corrected chi connectivity index (χ4v) is 1.09. The first-order chi connectivity index (χ1) is 5.74. The van der Waals surface area contributed by atoms with Crippen molar-refractivity contribution in [3.8, 4) is 0 Å². The third-order valence-corrected chi connectivity index (χ3v) is 1.97. The van der Waals surface area contributed by atoms with Crippen LogP contribution in [0.2, 0.25) is 0 Å². The van der Waals surface area contributed by atoms with Gasteiger partial charge in [-0.2, -0.15) is 0 Å². The molecule has 2 heteroatoms. The predicted octanol–water partition coefficient (Wildman–Crippen LogP) is 2.34. The van der Waals surface area contributed by atoms with E-state index in [0.717, 1.165) is 19.3 Å². The third kappa shape index (κ3) is 5.08. The highest BCUT2D eigenvalue weighted by Crippen LogP contribution is 2.07. The van der Waals surface area contributed by atoms with Crippen LogP contribution in [0.25, 0.3) is 0 Å². The van der Waals surface area contributed by atoms with Gasteiger partial charge in [-0.15, -0.1) is 0 Å². The molecule has 0 fully saturated rings. The second-order valence-electron chi connectivity index (χ2n) is 2.83. The maximum Gasteiger partial charge on any atom is 0.155 e. The molecule has 0 aromatic heterocycles. The van der Waals surface area contributed by atoms with Crippen LogP contribution in [-0.4, -0.2) is 19.0 Å². The zero-order valence-electron chi connectivity index (χ0n) is 8.01. The average molecular weight is 170 g/mol. The van der Waals surface area contributed by atoms with Gasteiger partial charge in [-0.3, -0.25) is 4.79 Å². The van der Waals surface area contributed by atoms with E-state index in [9.17, 15) is 4.79 Å². The second-order valence-corrected chi connectivity index (χ2v) is 2.83. The molecule has 0 saturated carbocycles. The first-order valence-corrected chi connectivity index (χ1v) is 4.42. The van der Waals surface area contributed by atoms with Crippen molar-refractivity contribution in [1.82, 2.24) is 0 Å². The van der Waals surface area contributed by atoms with Crippen LogP contribution in [-0.2, 0) is 9.53 Å². The lowest BCUT2D eigenvalue weighted by atomic mass is 10.1. The molecule has 1 atom stereocenters. The Balaban J connectivity index is 3.40. The fourth-order valence-electron chi connectivity index (χ4n) is 1.09. The third-order valence-electron chi connectivity index (χ3n) is 1.97. The van der Waals surface area contributed by atoms with Gasteiger partial charge in [0.25, 0.3) is 0 Å². The van der Waals surface area contributed by atoms with Gasteiger partial charge in [-0.25, -0.2) is 0 Å². The minimum absolute atomic E-state index is 0.126. The van der Waals surface area contributed by atoms with Crippen LogP contribution in [0.4, 0.5) is 0 Å². The molecule has 1 unspecified atom stereocenters. The first kappa shape index (κ1) is 11.4. The van der Waals surface area contributed by atoms with Crippen molar-refractivity contribution in [3.63, 3.8) is 0 Å². The molecule has 12 heavy (non-hydrogen) atoms. The summed E-state index contributed by atoms with van der Waals surface area (Å²) in [5.74, 6) is 0.126. The highest BCUT2D eigenvalue weighted by atomic mass is 16.5. The van der Waals surface area contributed by atoms with Gasteiger partial charge in [0.15, 0.2) is 5.78 Å². The number of methoxy groups -OCH3 is 1. The van der Waals surface area contributed by atoms with E-state index in [-0.39, 0.29) is 5.78 Å². The number of rotatable bonds is 7. The Kier molecular flexibility index (Phi) is 6.67. The van der Waals surface area contributed by atoms with Gasteiger partial charge in [0.1, 0.15) is 0 Å². The Hall–Kier alpha value is -0.630. The van der Waals surface area contributed by atoms with Gasteiger partial charge >= 0.3 is 0 Å². The molecule has 0 N–H and O–H groups in total. The van der Waals surface area contributed by atoms with E-state index in [2.05, 4.69) is 13.5 Å². The molecule has 0 heterocycles. The highest BCUT2D eigenvalue weighted by Gasteiger charge is 2.04. The predicted molar refractivity (Wildman–Crippen MR) is 50.1 cm³/mol. The lowest BCUT2D eigenvalue weighted by molar-refractivity contribution is -0.114. The molecule has 70 valence electrons. The topological polar surface area (TPSA) is 26.3 Å². The Morgan fingerprint density at radius 1 is 1.67 bits per heavy atom. The van der Waals surface area contributed by atoms with Crippen LogP contribution in [0.3, 0.4) is 0 Å².